The zero-order chi connectivity index (χ0) is 15.9. The van der Waals surface area contributed by atoms with Crippen molar-refractivity contribution >= 4 is 6.03 Å². The van der Waals surface area contributed by atoms with E-state index in [9.17, 15) is 9.90 Å². The van der Waals surface area contributed by atoms with E-state index in [4.69, 9.17) is 0 Å². The molecule has 1 saturated carbocycles. The normalized spacial score (nSPS) is 29.0. The number of likely N-dealkylation sites (tertiary alicyclic amines) is 1. The van der Waals surface area contributed by atoms with Crippen LogP contribution in [-0.2, 0) is 0 Å². The molecule has 2 aliphatic rings. The zero-order valence-electron chi connectivity index (χ0n) is 14.2. The highest BCUT2D eigenvalue weighted by Gasteiger charge is 2.21. The van der Waals surface area contributed by atoms with E-state index in [1.54, 1.807) is 0 Å². The molecule has 22 heavy (non-hydrogen) atoms. The van der Waals surface area contributed by atoms with E-state index >= 15 is 0 Å². The summed E-state index contributed by atoms with van der Waals surface area (Å²) in [5.41, 5.74) is 0. The number of carbonyl (C=O) groups excluding carboxylic acids is 1. The number of urea groups is 1. The first-order chi connectivity index (χ1) is 10.5. The van der Waals surface area contributed by atoms with E-state index in [-0.39, 0.29) is 6.03 Å². The van der Waals surface area contributed by atoms with Crippen molar-refractivity contribution in [2.24, 2.45) is 11.8 Å². The maximum Gasteiger partial charge on any atom is 0.315 e. The van der Waals surface area contributed by atoms with Crippen LogP contribution in [-0.4, -0.2) is 54.4 Å². The molecule has 1 heterocycles. The molecule has 1 aliphatic carbocycles. The van der Waals surface area contributed by atoms with Crippen LogP contribution in [0.5, 0.6) is 0 Å². The van der Waals surface area contributed by atoms with Crippen LogP contribution in [0.3, 0.4) is 0 Å². The van der Waals surface area contributed by atoms with Crippen molar-refractivity contribution in [3.05, 3.63) is 0 Å². The topological polar surface area (TPSA) is 64.6 Å². The molecule has 1 saturated heterocycles. The Balaban J connectivity index is 1.59. The number of rotatable bonds is 5. The van der Waals surface area contributed by atoms with Crippen LogP contribution < -0.4 is 10.6 Å². The minimum atomic E-state index is -0.482. The molecule has 3 unspecified atom stereocenters. The SMILES string of the molecule is CC1CCN(CC(O)CNC(=O)NC2CCCC(C)C2)CC1. The van der Waals surface area contributed by atoms with E-state index in [0.717, 1.165) is 31.8 Å². The number of hydrogen-bond acceptors (Lipinski definition) is 3. The van der Waals surface area contributed by atoms with Crippen molar-refractivity contribution in [2.45, 2.75) is 64.5 Å². The van der Waals surface area contributed by atoms with Gasteiger partial charge in [-0.3, -0.25) is 0 Å². The van der Waals surface area contributed by atoms with Crippen LogP contribution in [0.1, 0.15) is 52.4 Å². The minimum absolute atomic E-state index is 0.134. The Morgan fingerprint density at radius 3 is 2.59 bits per heavy atom. The number of carbonyl (C=O) groups is 1. The summed E-state index contributed by atoms with van der Waals surface area (Å²) in [5.74, 6) is 1.50. The van der Waals surface area contributed by atoms with E-state index in [2.05, 4.69) is 29.4 Å². The molecule has 0 aromatic heterocycles. The molecule has 0 radical (unpaired) electrons. The summed E-state index contributed by atoms with van der Waals surface area (Å²) >= 11 is 0. The van der Waals surface area contributed by atoms with Gasteiger partial charge in [0.15, 0.2) is 0 Å². The molecule has 128 valence electrons. The van der Waals surface area contributed by atoms with Crippen molar-refractivity contribution in [2.75, 3.05) is 26.2 Å². The fourth-order valence-corrected chi connectivity index (χ4v) is 3.62. The van der Waals surface area contributed by atoms with Crippen LogP contribution in [0.25, 0.3) is 0 Å². The van der Waals surface area contributed by atoms with Gasteiger partial charge < -0.3 is 20.6 Å². The molecule has 2 fully saturated rings. The van der Waals surface area contributed by atoms with Gasteiger partial charge in [-0.05, 0) is 50.6 Å². The maximum atomic E-state index is 11.9. The van der Waals surface area contributed by atoms with Crippen LogP contribution >= 0.6 is 0 Å². The fourth-order valence-electron chi connectivity index (χ4n) is 3.62. The third-order valence-electron chi connectivity index (χ3n) is 5.12. The number of nitrogens with one attached hydrogen (secondary N) is 2. The second kappa shape index (κ2) is 8.73. The van der Waals surface area contributed by atoms with Gasteiger partial charge >= 0.3 is 6.03 Å². The predicted octanol–water partition coefficient (Wildman–Crippen LogP) is 1.96. The molecule has 5 heteroatoms. The quantitative estimate of drug-likeness (QED) is 0.727. The number of amides is 2. The second-order valence-corrected chi connectivity index (χ2v) is 7.46. The van der Waals surface area contributed by atoms with Crippen LogP contribution in [0.15, 0.2) is 0 Å². The molecule has 0 aromatic carbocycles. The lowest BCUT2D eigenvalue weighted by atomic mass is 9.87. The van der Waals surface area contributed by atoms with Gasteiger partial charge in [0, 0.05) is 19.1 Å². The van der Waals surface area contributed by atoms with E-state index < -0.39 is 6.10 Å². The molecule has 5 nitrogen and oxygen atoms in total. The Labute approximate surface area is 134 Å². The molecule has 0 aromatic rings. The van der Waals surface area contributed by atoms with E-state index in [1.165, 1.54) is 25.7 Å². The molecule has 0 bridgehead atoms. The van der Waals surface area contributed by atoms with Gasteiger partial charge in [0.1, 0.15) is 0 Å². The van der Waals surface area contributed by atoms with Crippen molar-refractivity contribution in [1.29, 1.82) is 0 Å². The summed E-state index contributed by atoms with van der Waals surface area (Å²) in [4.78, 5) is 14.2. The molecule has 3 atom stereocenters. The molecule has 0 spiro atoms. The predicted molar refractivity (Wildman–Crippen MR) is 88.8 cm³/mol. The molecular weight excluding hydrogens is 278 g/mol. The number of nitrogens with zero attached hydrogens (tertiary/aromatic N) is 1. The number of β-amino-alcohol motifs (C(OH)–C–C–N with tert-alkyl or cyclic N) is 1. The fraction of sp³-hybridized carbons (Fsp3) is 0.941. The maximum absolute atomic E-state index is 11.9. The average molecular weight is 311 g/mol. The third-order valence-corrected chi connectivity index (χ3v) is 5.12. The molecular formula is C17H33N3O2. The Hall–Kier alpha value is -0.810. The molecule has 2 amide bonds. The van der Waals surface area contributed by atoms with E-state index in [1.807, 2.05) is 0 Å². The van der Waals surface area contributed by atoms with Crippen LogP contribution in [0, 0.1) is 11.8 Å². The summed E-state index contributed by atoms with van der Waals surface area (Å²) in [6, 6.07) is 0.162. The van der Waals surface area contributed by atoms with Crippen molar-refractivity contribution < 1.29 is 9.90 Å². The van der Waals surface area contributed by atoms with Gasteiger partial charge in [-0.15, -0.1) is 0 Å². The summed E-state index contributed by atoms with van der Waals surface area (Å²) < 4.78 is 0. The highest BCUT2D eigenvalue weighted by molar-refractivity contribution is 5.74. The Kier molecular flexibility index (Phi) is 6.96. The summed E-state index contributed by atoms with van der Waals surface area (Å²) in [7, 11) is 0. The molecule has 3 N–H and O–H groups in total. The Morgan fingerprint density at radius 1 is 1.18 bits per heavy atom. The Morgan fingerprint density at radius 2 is 1.91 bits per heavy atom. The molecule has 1 aliphatic heterocycles. The average Bonchev–Trinajstić information content (AvgIpc) is 2.48. The number of aliphatic hydroxyl groups excluding tert-OH is 1. The number of piperidine rings is 1. The van der Waals surface area contributed by atoms with Gasteiger partial charge in [-0.1, -0.05) is 26.7 Å². The van der Waals surface area contributed by atoms with Crippen molar-refractivity contribution in [1.82, 2.24) is 15.5 Å². The van der Waals surface area contributed by atoms with Crippen molar-refractivity contribution in [3.8, 4) is 0 Å². The lowest BCUT2D eigenvalue weighted by Crippen LogP contribution is -2.48. The monoisotopic (exact) mass is 311 g/mol. The first-order valence-electron chi connectivity index (χ1n) is 8.97. The highest BCUT2D eigenvalue weighted by atomic mass is 16.3. The first kappa shape index (κ1) is 17.5. The van der Waals surface area contributed by atoms with Gasteiger partial charge in [0.05, 0.1) is 6.10 Å². The summed E-state index contributed by atoms with van der Waals surface area (Å²) in [6.45, 7) is 7.64. The number of hydrogen-bond donors (Lipinski definition) is 3. The highest BCUT2D eigenvalue weighted by Crippen LogP contribution is 2.23. The minimum Gasteiger partial charge on any atom is -0.390 e. The zero-order valence-corrected chi connectivity index (χ0v) is 14.2. The van der Waals surface area contributed by atoms with Crippen LogP contribution in [0.4, 0.5) is 4.79 Å². The summed E-state index contributed by atoms with van der Waals surface area (Å²) in [5, 5.41) is 15.9. The van der Waals surface area contributed by atoms with Crippen molar-refractivity contribution in [3.63, 3.8) is 0 Å². The van der Waals surface area contributed by atoms with Crippen LogP contribution in [0.2, 0.25) is 0 Å². The lowest BCUT2D eigenvalue weighted by Gasteiger charge is -2.31. The Bertz CT molecular complexity index is 343. The van der Waals surface area contributed by atoms with Gasteiger partial charge in [-0.2, -0.15) is 0 Å². The van der Waals surface area contributed by atoms with Gasteiger partial charge in [0.2, 0.25) is 0 Å². The second-order valence-electron chi connectivity index (χ2n) is 7.46. The van der Waals surface area contributed by atoms with Gasteiger partial charge in [0.25, 0.3) is 0 Å². The first-order valence-corrected chi connectivity index (χ1v) is 8.97. The molecule has 2 rings (SSSR count). The largest absolute Gasteiger partial charge is 0.390 e. The number of aliphatic hydroxyl groups is 1. The smallest absolute Gasteiger partial charge is 0.315 e. The third kappa shape index (κ3) is 6.13. The van der Waals surface area contributed by atoms with Gasteiger partial charge in [-0.25, -0.2) is 4.79 Å². The lowest BCUT2D eigenvalue weighted by molar-refractivity contribution is 0.0918. The summed E-state index contributed by atoms with van der Waals surface area (Å²) in [6.07, 6.45) is 6.55. The standard InChI is InChI=1S/C17H33N3O2/c1-13-6-8-20(9-7-13)12-16(21)11-18-17(22)19-15-5-3-4-14(2)10-15/h13-16,21H,3-12H2,1-2H3,(H2,18,19,22). The van der Waals surface area contributed by atoms with E-state index in [0.29, 0.717) is 25.0 Å².